The average Bonchev–Trinajstić information content (AvgIpc) is 3.12. The van der Waals surface area contributed by atoms with Gasteiger partial charge < -0.3 is 10.4 Å². The first-order valence-electron chi connectivity index (χ1n) is 6.90. The van der Waals surface area contributed by atoms with Crippen molar-refractivity contribution >= 4 is 33.9 Å². The van der Waals surface area contributed by atoms with E-state index in [-0.39, 0.29) is 5.56 Å². The van der Waals surface area contributed by atoms with Crippen molar-refractivity contribution < 1.29 is 9.90 Å². The van der Waals surface area contributed by atoms with Crippen LogP contribution in [0.2, 0.25) is 0 Å². The summed E-state index contributed by atoms with van der Waals surface area (Å²) in [4.78, 5) is 15.5. The SMILES string of the molecule is Cc1c(C(=O)O)cn2ncnc(Nc3ccc4cn[nH]c4c3)c12. The van der Waals surface area contributed by atoms with Gasteiger partial charge in [0.25, 0.3) is 0 Å². The summed E-state index contributed by atoms with van der Waals surface area (Å²) >= 11 is 0. The summed E-state index contributed by atoms with van der Waals surface area (Å²) in [6, 6.07) is 5.76. The number of carboxylic acid groups (broad SMARTS) is 1. The minimum Gasteiger partial charge on any atom is -0.478 e. The van der Waals surface area contributed by atoms with Gasteiger partial charge in [-0.2, -0.15) is 10.2 Å². The first-order chi connectivity index (χ1) is 11.1. The lowest BCUT2D eigenvalue weighted by Crippen LogP contribution is -2.00. The average molecular weight is 308 g/mol. The maximum Gasteiger partial charge on any atom is 0.337 e. The number of carbonyl (C=O) groups is 1. The van der Waals surface area contributed by atoms with Crippen LogP contribution in [-0.2, 0) is 0 Å². The molecule has 0 bridgehead atoms. The van der Waals surface area contributed by atoms with Crippen molar-refractivity contribution in [2.75, 3.05) is 5.32 Å². The summed E-state index contributed by atoms with van der Waals surface area (Å²) in [6.45, 7) is 1.74. The van der Waals surface area contributed by atoms with Crippen LogP contribution in [-0.4, -0.2) is 35.9 Å². The highest BCUT2D eigenvalue weighted by Crippen LogP contribution is 2.26. The van der Waals surface area contributed by atoms with Crippen molar-refractivity contribution in [2.24, 2.45) is 0 Å². The van der Waals surface area contributed by atoms with E-state index in [0.29, 0.717) is 16.9 Å². The van der Waals surface area contributed by atoms with Crippen LogP contribution in [0.1, 0.15) is 15.9 Å². The van der Waals surface area contributed by atoms with Gasteiger partial charge in [0.15, 0.2) is 5.82 Å². The van der Waals surface area contributed by atoms with E-state index in [4.69, 9.17) is 0 Å². The third-order valence-electron chi connectivity index (χ3n) is 3.76. The molecule has 114 valence electrons. The highest BCUT2D eigenvalue weighted by Gasteiger charge is 2.17. The normalized spacial score (nSPS) is 11.2. The molecular formula is C15H12N6O2. The molecule has 8 heteroatoms. The Balaban J connectivity index is 1.83. The molecule has 8 nitrogen and oxygen atoms in total. The largest absolute Gasteiger partial charge is 0.478 e. The second kappa shape index (κ2) is 4.80. The van der Waals surface area contributed by atoms with Gasteiger partial charge in [-0.15, -0.1) is 0 Å². The molecule has 4 aromatic rings. The molecule has 0 saturated carbocycles. The van der Waals surface area contributed by atoms with Crippen LogP contribution < -0.4 is 5.32 Å². The first kappa shape index (κ1) is 13.3. The molecular weight excluding hydrogens is 296 g/mol. The van der Waals surface area contributed by atoms with Crippen LogP contribution in [0.5, 0.6) is 0 Å². The zero-order valence-electron chi connectivity index (χ0n) is 12.1. The number of benzene rings is 1. The van der Waals surface area contributed by atoms with Gasteiger partial charge in [0.1, 0.15) is 11.8 Å². The second-order valence-corrected chi connectivity index (χ2v) is 5.17. The zero-order chi connectivity index (χ0) is 16.0. The van der Waals surface area contributed by atoms with Crippen LogP contribution in [0, 0.1) is 6.92 Å². The van der Waals surface area contributed by atoms with Gasteiger partial charge in [0.2, 0.25) is 0 Å². The van der Waals surface area contributed by atoms with Gasteiger partial charge in [0, 0.05) is 17.3 Å². The fourth-order valence-corrected chi connectivity index (χ4v) is 2.62. The van der Waals surface area contributed by atoms with E-state index in [1.54, 1.807) is 13.1 Å². The lowest BCUT2D eigenvalue weighted by atomic mass is 10.2. The number of rotatable bonds is 3. The van der Waals surface area contributed by atoms with Gasteiger partial charge in [-0.1, -0.05) is 0 Å². The summed E-state index contributed by atoms with van der Waals surface area (Å²) < 4.78 is 1.52. The van der Waals surface area contributed by atoms with Gasteiger partial charge in [0.05, 0.1) is 17.3 Å². The number of hydrogen-bond acceptors (Lipinski definition) is 5. The van der Waals surface area contributed by atoms with Crippen LogP contribution in [0.15, 0.2) is 36.9 Å². The van der Waals surface area contributed by atoms with Gasteiger partial charge in [-0.05, 0) is 30.7 Å². The van der Waals surface area contributed by atoms with Crippen molar-refractivity contribution in [2.45, 2.75) is 6.92 Å². The van der Waals surface area contributed by atoms with Crippen molar-refractivity contribution in [1.82, 2.24) is 24.8 Å². The molecule has 0 spiro atoms. The number of nitrogens with zero attached hydrogens (tertiary/aromatic N) is 4. The van der Waals surface area contributed by atoms with E-state index in [9.17, 15) is 9.90 Å². The van der Waals surface area contributed by atoms with Crippen molar-refractivity contribution in [1.29, 1.82) is 0 Å². The Hall–Kier alpha value is -3.42. The van der Waals surface area contributed by atoms with Gasteiger partial charge >= 0.3 is 5.97 Å². The number of anilines is 2. The van der Waals surface area contributed by atoms with E-state index in [2.05, 4.69) is 25.6 Å². The quantitative estimate of drug-likeness (QED) is 0.536. The number of H-pyrrole nitrogens is 1. The Kier molecular flexibility index (Phi) is 2.77. The maximum atomic E-state index is 11.3. The number of nitrogens with one attached hydrogen (secondary N) is 2. The number of carboxylic acids is 1. The number of aromatic nitrogens is 5. The van der Waals surface area contributed by atoms with Crippen LogP contribution in [0.25, 0.3) is 16.4 Å². The molecule has 0 radical (unpaired) electrons. The third kappa shape index (κ3) is 2.08. The maximum absolute atomic E-state index is 11.3. The molecule has 0 aliphatic rings. The Morgan fingerprint density at radius 3 is 3.09 bits per heavy atom. The summed E-state index contributed by atoms with van der Waals surface area (Å²) in [6.07, 6.45) is 4.62. The summed E-state index contributed by atoms with van der Waals surface area (Å²) in [5.41, 5.74) is 3.17. The Bertz CT molecular complexity index is 1050. The lowest BCUT2D eigenvalue weighted by molar-refractivity contribution is 0.0696. The predicted octanol–water partition coefficient (Wildman–Crippen LogP) is 2.36. The zero-order valence-corrected chi connectivity index (χ0v) is 12.1. The minimum atomic E-state index is -0.988. The molecule has 23 heavy (non-hydrogen) atoms. The van der Waals surface area contributed by atoms with Crippen LogP contribution in [0.4, 0.5) is 11.5 Å². The van der Waals surface area contributed by atoms with E-state index in [0.717, 1.165) is 16.6 Å². The molecule has 0 atom stereocenters. The fourth-order valence-electron chi connectivity index (χ4n) is 2.62. The number of aryl methyl sites for hydroxylation is 1. The molecule has 0 aliphatic heterocycles. The number of hydrogen-bond donors (Lipinski definition) is 3. The summed E-state index contributed by atoms with van der Waals surface area (Å²) in [5, 5.41) is 24.4. The molecule has 0 unspecified atom stereocenters. The van der Waals surface area contributed by atoms with Gasteiger partial charge in [-0.3, -0.25) is 5.10 Å². The molecule has 0 amide bonds. The van der Waals surface area contributed by atoms with Crippen LogP contribution >= 0.6 is 0 Å². The fraction of sp³-hybridized carbons (Fsp3) is 0.0667. The van der Waals surface area contributed by atoms with Crippen molar-refractivity contribution in [3.05, 3.63) is 48.0 Å². The predicted molar refractivity (Wildman–Crippen MR) is 84.1 cm³/mol. The summed E-state index contributed by atoms with van der Waals surface area (Å²) in [5.74, 6) is -0.443. The number of fused-ring (bicyclic) bond motifs is 2. The Morgan fingerprint density at radius 2 is 2.26 bits per heavy atom. The smallest absolute Gasteiger partial charge is 0.337 e. The summed E-state index contributed by atoms with van der Waals surface area (Å²) in [7, 11) is 0. The minimum absolute atomic E-state index is 0.206. The van der Waals surface area contributed by atoms with E-state index in [1.807, 2.05) is 18.2 Å². The topological polar surface area (TPSA) is 108 Å². The van der Waals surface area contributed by atoms with E-state index in [1.165, 1.54) is 17.0 Å². The molecule has 0 saturated heterocycles. The highest BCUT2D eigenvalue weighted by molar-refractivity contribution is 5.94. The van der Waals surface area contributed by atoms with Crippen molar-refractivity contribution in [3.8, 4) is 0 Å². The van der Waals surface area contributed by atoms with Crippen molar-refractivity contribution in [3.63, 3.8) is 0 Å². The Morgan fingerprint density at radius 1 is 1.39 bits per heavy atom. The second-order valence-electron chi connectivity index (χ2n) is 5.17. The molecule has 3 aromatic heterocycles. The third-order valence-corrected chi connectivity index (χ3v) is 3.76. The Labute approximate surface area is 129 Å². The molecule has 3 N–H and O–H groups in total. The first-order valence-corrected chi connectivity index (χ1v) is 6.90. The number of aromatic carboxylic acids is 1. The monoisotopic (exact) mass is 308 g/mol. The van der Waals surface area contributed by atoms with Crippen LogP contribution in [0.3, 0.4) is 0 Å². The van der Waals surface area contributed by atoms with Gasteiger partial charge in [-0.25, -0.2) is 14.3 Å². The highest BCUT2D eigenvalue weighted by atomic mass is 16.4. The molecule has 3 heterocycles. The lowest BCUT2D eigenvalue weighted by Gasteiger charge is -2.07. The molecule has 0 aliphatic carbocycles. The molecule has 4 rings (SSSR count). The molecule has 1 aromatic carbocycles. The standard InChI is InChI=1S/C15H12N6O2/c1-8-11(15(22)23)6-21-13(8)14(16-7-18-21)19-10-3-2-9-5-17-20-12(9)4-10/h2-7H,1H3,(H,17,20)(H,22,23)(H,16,18,19). The number of aromatic amines is 1. The molecule has 0 fully saturated rings. The van der Waals surface area contributed by atoms with E-state index < -0.39 is 5.97 Å². The van der Waals surface area contributed by atoms with E-state index >= 15 is 0 Å².